The van der Waals surface area contributed by atoms with Crippen LogP contribution in [0, 0.1) is 0 Å². The molecule has 1 saturated heterocycles. The number of halogens is 2. The highest BCUT2D eigenvalue weighted by molar-refractivity contribution is 9.11. The van der Waals surface area contributed by atoms with E-state index in [1.54, 1.807) is 25.1 Å². The number of hydrogen-bond donors (Lipinski definition) is 1. The minimum absolute atomic E-state index is 0.120. The van der Waals surface area contributed by atoms with Gasteiger partial charge in [-0.25, -0.2) is 4.98 Å². The molecule has 0 atom stereocenters. The topological polar surface area (TPSA) is 72.5 Å². The van der Waals surface area contributed by atoms with Gasteiger partial charge in [0.15, 0.2) is 0 Å². The molecule has 0 bridgehead atoms. The number of nitrogens with zero attached hydrogens (tertiary/aromatic N) is 4. The smallest absolute Gasteiger partial charge is 0.258 e. The molecule has 0 aliphatic carbocycles. The molecule has 1 aliphatic rings. The summed E-state index contributed by atoms with van der Waals surface area (Å²) in [5.74, 6) is 0.776. The van der Waals surface area contributed by atoms with E-state index in [2.05, 4.69) is 51.6 Å². The van der Waals surface area contributed by atoms with Gasteiger partial charge < -0.3 is 9.88 Å². The zero-order valence-electron chi connectivity index (χ0n) is 14.8. The average molecular weight is 487 g/mol. The molecule has 0 radical (unpaired) electrons. The monoisotopic (exact) mass is 485 g/mol. The lowest BCUT2D eigenvalue weighted by atomic mass is 10.2. The zero-order valence-corrected chi connectivity index (χ0v) is 17.9. The van der Waals surface area contributed by atoms with Gasteiger partial charge in [-0.05, 0) is 28.1 Å². The number of likely N-dealkylation sites (N-methyl/N-ethyl adjacent to an activating group) is 1. The van der Waals surface area contributed by atoms with Gasteiger partial charge >= 0.3 is 0 Å². The molecule has 9 heteroatoms. The Morgan fingerprint density at radius 1 is 1.19 bits per heavy atom. The maximum Gasteiger partial charge on any atom is 0.258 e. The van der Waals surface area contributed by atoms with Crippen LogP contribution >= 0.6 is 31.9 Å². The van der Waals surface area contributed by atoms with Gasteiger partial charge in [-0.2, -0.15) is 0 Å². The van der Waals surface area contributed by atoms with Crippen molar-refractivity contribution in [2.75, 3.05) is 46.8 Å². The Morgan fingerprint density at radius 2 is 1.85 bits per heavy atom. The first-order chi connectivity index (χ1) is 12.3. The minimum Gasteiger partial charge on any atom is -0.348 e. The van der Waals surface area contributed by atoms with Crippen LogP contribution in [0.15, 0.2) is 25.9 Å². The molecule has 2 heterocycles. The summed E-state index contributed by atoms with van der Waals surface area (Å²) in [5.41, 5.74) is 0.532. The van der Waals surface area contributed by atoms with Crippen molar-refractivity contribution < 1.29 is 4.79 Å². The SMILES string of the molecule is CN(C)C(=O)CN1CCN(Cc2nc3c(Br)cc(Br)cc3c(=O)[nH]2)CC1. The molecule has 1 aromatic heterocycles. The summed E-state index contributed by atoms with van der Waals surface area (Å²) in [7, 11) is 3.55. The van der Waals surface area contributed by atoms with Gasteiger partial charge in [0.1, 0.15) is 5.82 Å². The predicted octanol–water partition coefficient (Wildman–Crippen LogP) is 1.65. The molecule has 2 aromatic rings. The van der Waals surface area contributed by atoms with Crippen LogP contribution in [0.5, 0.6) is 0 Å². The van der Waals surface area contributed by atoms with E-state index < -0.39 is 0 Å². The van der Waals surface area contributed by atoms with Crippen LogP contribution in [0.3, 0.4) is 0 Å². The van der Waals surface area contributed by atoms with Crippen LogP contribution in [0.2, 0.25) is 0 Å². The Kier molecular flexibility index (Phi) is 6.11. The van der Waals surface area contributed by atoms with Gasteiger partial charge in [0.2, 0.25) is 5.91 Å². The van der Waals surface area contributed by atoms with Crippen molar-refractivity contribution in [2.45, 2.75) is 6.54 Å². The third-order valence-corrected chi connectivity index (χ3v) is 5.54. The second-order valence-electron chi connectivity index (χ2n) is 6.64. The van der Waals surface area contributed by atoms with E-state index in [0.717, 1.165) is 35.1 Å². The lowest BCUT2D eigenvalue weighted by Gasteiger charge is -2.34. The van der Waals surface area contributed by atoms with Gasteiger partial charge in [-0.1, -0.05) is 15.9 Å². The molecule has 1 amide bonds. The van der Waals surface area contributed by atoms with Crippen molar-refractivity contribution in [3.05, 3.63) is 37.3 Å². The van der Waals surface area contributed by atoms with Crippen LogP contribution in [0.1, 0.15) is 5.82 Å². The number of carbonyl (C=O) groups is 1. The number of rotatable bonds is 4. The summed E-state index contributed by atoms with van der Waals surface area (Å²) >= 11 is 6.88. The summed E-state index contributed by atoms with van der Waals surface area (Å²) < 4.78 is 1.63. The molecular formula is C17H21Br2N5O2. The maximum atomic E-state index is 12.4. The van der Waals surface area contributed by atoms with E-state index in [0.29, 0.717) is 29.8 Å². The van der Waals surface area contributed by atoms with E-state index in [-0.39, 0.29) is 11.5 Å². The number of aromatic amines is 1. The maximum absolute atomic E-state index is 12.4. The number of aromatic nitrogens is 2. The molecule has 1 aromatic carbocycles. The Hall–Kier alpha value is -1.29. The van der Waals surface area contributed by atoms with E-state index in [4.69, 9.17) is 0 Å². The van der Waals surface area contributed by atoms with E-state index in [1.807, 2.05) is 6.07 Å². The first kappa shape index (κ1) is 19.5. The highest BCUT2D eigenvalue weighted by Gasteiger charge is 2.20. The fraction of sp³-hybridized carbons (Fsp3) is 0.471. The van der Waals surface area contributed by atoms with Crippen molar-refractivity contribution in [3.8, 4) is 0 Å². The standard InChI is InChI=1S/C17H21Br2N5O2/c1-22(2)15(25)10-24-5-3-23(4-6-24)9-14-20-16-12(17(26)21-14)7-11(18)8-13(16)19/h7-8H,3-6,9-10H2,1-2H3,(H,20,21,26). The number of hydrogen-bond acceptors (Lipinski definition) is 5. The van der Waals surface area contributed by atoms with E-state index in [9.17, 15) is 9.59 Å². The van der Waals surface area contributed by atoms with E-state index in [1.165, 1.54) is 0 Å². The molecule has 1 N–H and O–H groups in total. The minimum atomic E-state index is -0.137. The van der Waals surface area contributed by atoms with Crippen molar-refractivity contribution in [2.24, 2.45) is 0 Å². The third kappa shape index (κ3) is 4.51. The zero-order chi connectivity index (χ0) is 18.8. The molecule has 1 aliphatic heterocycles. The molecule has 26 heavy (non-hydrogen) atoms. The molecule has 3 rings (SSSR count). The largest absolute Gasteiger partial charge is 0.348 e. The highest BCUT2D eigenvalue weighted by Crippen LogP contribution is 2.25. The molecular weight excluding hydrogens is 466 g/mol. The van der Waals surface area contributed by atoms with Crippen molar-refractivity contribution in [3.63, 3.8) is 0 Å². The third-order valence-electron chi connectivity index (χ3n) is 4.47. The molecule has 1 fully saturated rings. The van der Waals surface area contributed by atoms with Crippen molar-refractivity contribution in [1.29, 1.82) is 0 Å². The number of nitrogens with one attached hydrogen (secondary N) is 1. The normalized spacial score (nSPS) is 16.2. The number of piperazine rings is 1. The van der Waals surface area contributed by atoms with Crippen LogP contribution < -0.4 is 5.56 Å². The molecule has 140 valence electrons. The summed E-state index contributed by atoms with van der Waals surface area (Å²) in [6.45, 7) is 4.37. The fourth-order valence-corrected chi connectivity index (χ4v) is 4.25. The predicted molar refractivity (Wildman–Crippen MR) is 108 cm³/mol. The number of carbonyl (C=O) groups excluding carboxylic acids is 1. The lowest BCUT2D eigenvalue weighted by Crippen LogP contribution is -2.49. The van der Waals surface area contributed by atoms with Gasteiger partial charge in [-0.15, -0.1) is 0 Å². The highest BCUT2D eigenvalue weighted by atomic mass is 79.9. The Bertz CT molecular complexity index is 875. The molecule has 0 unspecified atom stereocenters. The summed E-state index contributed by atoms with van der Waals surface area (Å²) in [5, 5.41) is 0.557. The fourth-order valence-electron chi connectivity index (χ4n) is 2.94. The van der Waals surface area contributed by atoms with Crippen LogP contribution in [0.4, 0.5) is 0 Å². The number of amides is 1. The second kappa shape index (κ2) is 8.16. The summed E-state index contributed by atoms with van der Waals surface area (Å²) in [6, 6.07) is 3.66. The lowest BCUT2D eigenvalue weighted by molar-refractivity contribution is -0.130. The molecule has 7 nitrogen and oxygen atoms in total. The second-order valence-corrected chi connectivity index (χ2v) is 8.41. The van der Waals surface area contributed by atoms with E-state index >= 15 is 0 Å². The quantitative estimate of drug-likeness (QED) is 0.711. The van der Waals surface area contributed by atoms with Crippen LogP contribution in [0.25, 0.3) is 10.9 Å². The van der Waals surface area contributed by atoms with Gasteiger partial charge in [-0.3, -0.25) is 19.4 Å². The number of fused-ring (bicyclic) bond motifs is 1. The van der Waals surface area contributed by atoms with Crippen LogP contribution in [-0.4, -0.2) is 77.4 Å². The average Bonchev–Trinajstić information content (AvgIpc) is 2.57. The van der Waals surface area contributed by atoms with Gasteiger partial charge in [0.05, 0.1) is 24.0 Å². The van der Waals surface area contributed by atoms with Crippen molar-refractivity contribution in [1.82, 2.24) is 24.7 Å². The summed E-state index contributed by atoms with van der Waals surface area (Å²) in [4.78, 5) is 37.7. The first-order valence-electron chi connectivity index (χ1n) is 8.36. The Balaban J connectivity index is 1.67. The summed E-state index contributed by atoms with van der Waals surface area (Å²) in [6.07, 6.45) is 0. The molecule has 0 spiro atoms. The molecule has 0 saturated carbocycles. The van der Waals surface area contributed by atoms with Crippen LogP contribution in [-0.2, 0) is 11.3 Å². The Morgan fingerprint density at radius 3 is 2.50 bits per heavy atom. The number of H-pyrrole nitrogens is 1. The Labute approximate surface area is 168 Å². The number of benzene rings is 1. The van der Waals surface area contributed by atoms with Gasteiger partial charge in [0, 0.05) is 49.2 Å². The first-order valence-corrected chi connectivity index (χ1v) is 9.95. The van der Waals surface area contributed by atoms with Gasteiger partial charge in [0.25, 0.3) is 5.56 Å². The van der Waals surface area contributed by atoms with Crippen molar-refractivity contribution >= 4 is 48.7 Å².